The number of aldehydes is 1. The number of aromatic nitrogens is 2. The minimum Gasteiger partial charge on any atom is -0.480 e. The van der Waals surface area contributed by atoms with Gasteiger partial charge in [0.15, 0.2) is 6.29 Å². The predicted octanol–water partition coefficient (Wildman–Crippen LogP) is 1.07. The van der Waals surface area contributed by atoms with Gasteiger partial charge in [-0.3, -0.25) is 4.79 Å². The second kappa shape index (κ2) is 4.18. The fourth-order valence-corrected chi connectivity index (χ4v) is 1.16. The summed E-state index contributed by atoms with van der Waals surface area (Å²) in [6.45, 7) is 0. The topological polar surface area (TPSA) is 61.3 Å². The number of methoxy groups -OCH3 is 2. The molecule has 0 N–H and O–H groups in total. The number of halogens is 1. The summed E-state index contributed by atoms with van der Waals surface area (Å²) in [6, 6.07) is 0.0992. The smallest absolute Gasteiger partial charge is 0.320 e. The zero-order valence-corrected chi connectivity index (χ0v) is 8.66. The Morgan fingerprint density at radius 1 is 1.31 bits per heavy atom. The highest BCUT2D eigenvalue weighted by molar-refractivity contribution is 9.10. The molecule has 13 heavy (non-hydrogen) atoms. The molecule has 6 heteroatoms. The second-order valence-corrected chi connectivity index (χ2v) is 2.83. The molecule has 0 unspecified atom stereocenters. The molecule has 0 radical (unpaired) electrons. The zero-order chi connectivity index (χ0) is 9.84. The molecule has 1 heterocycles. The van der Waals surface area contributed by atoms with Crippen LogP contribution in [0.15, 0.2) is 4.47 Å². The molecule has 0 amide bonds. The Morgan fingerprint density at radius 2 is 2.00 bits per heavy atom. The molecule has 0 aliphatic carbocycles. The summed E-state index contributed by atoms with van der Waals surface area (Å²) in [5.41, 5.74) is 0.198. The molecule has 1 aromatic heterocycles. The van der Waals surface area contributed by atoms with Crippen LogP contribution in [-0.4, -0.2) is 30.5 Å². The number of hydrogen-bond acceptors (Lipinski definition) is 5. The van der Waals surface area contributed by atoms with Crippen LogP contribution in [0.2, 0.25) is 0 Å². The van der Waals surface area contributed by atoms with Gasteiger partial charge >= 0.3 is 6.01 Å². The number of ether oxygens (including phenoxy) is 2. The van der Waals surface area contributed by atoms with Crippen LogP contribution in [0.25, 0.3) is 0 Å². The molecule has 0 spiro atoms. The molecule has 0 aromatic carbocycles. The molecule has 1 aromatic rings. The van der Waals surface area contributed by atoms with Crippen LogP contribution in [0.4, 0.5) is 0 Å². The van der Waals surface area contributed by atoms with Crippen molar-refractivity contribution in [3.05, 3.63) is 10.2 Å². The Labute approximate surface area is 83.2 Å². The monoisotopic (exact) mass is 246 g/mol. The third kappa shape index (κ3) is 1.95. The molecular formula is C7H7BrN2O3. The summed E-state index contributed by atoms with van der Waals surface area (Å²) < 4.78 is 10.1. The van der Waals surface area contributed by atoms with Gasteiger partial charge in [-0.2, -0.15) is 9.97 Å². The summed E-state index contributed by atoms with van der Waals surface area (Å²) in [4.78, 5) is 18.2. The summed E-state index contributed by atoms with van der Waals surface area (Å²) in [7, 11) is 2.86. The SMILES string of the molecule is COc1nc(C=O)c(Br)c(OC)n1. The van der Waals surface area contributed by atoms with E-state index in [1.807, 2.05) is 0 Å². The summed E-state index contributed by atoms with van der Waals surface area (Å²) in [5, 5.41) is 0. The molecule has 0 saturated carbocycles. The zero-order valence-electron chi connectivity index (χ0n) is 7.07. The van der Waals surface area contributed by atoms with Gasteiger partial charge in [0.1, 0.15) is 10.2 Å². The van der Waals surface area contributed by atoms with Gasteiger partial charge in [-0.25, -0.2) is 0 Å². The van der Waals surface area contributed by atoms with Crippen molar-refractivity contribution in [1.29, 1.82) is 0 Å². The lowest BCUT2D eigenvalue weighted by Crippen LogP contribution is -2.00. The molecule has 0 atom stereocenters. The van der Waals surface area contributed by atoms with Gasteiger partial charge < -0.3 is 9.47 Å². The molecule has 5 nitrogen and oxygen atoms in total. The molecule has 1 rings (SSSR count). The van der Waals surface area contributed by atoms with Crippen molar-refractivity contribution >= 4 is 22.2 Å². The van der Waals surface area contributed by atoms with Crippen LogP contribution >= 0.6 is 15.9 Å². The van der Waals surface area contributed by atoms with Gasteiger partial charge in [0.05, 0.1) is 14.2 Å². The lowest BCUT2D eigenvalue weighted by Gasteiger charge is -2.05. The molecule has 0 aliphatic heterocycles. The Bertz CT molecular complexity index is 330. The maximum absolute atomic E-state index is 10.5. The molecule has 0 fully saturated rings. The van der Waals surface area contributed by atoms with Crippen LogP contribution in [0.5, 0.6) is 11.9 Å². The third-order valence-electron chi connectivity index (χ3n) is 1.31. The lowest BCUT2D eigenvalue weighted by molar-refractivity contribution is 0.111. The van der Waals surface area contributed by atoms with Crippen LogP contribution in [0, 0.1) is 0 Å². The molecule has 70 valence electrons. The largest absolute Gasteiger partial charge is 0.480 e. The maximum Gasteiger partial charge on any atom is 0.320 e. The molecule has 0 aliphatic rings. The Morgan fingerprint density at radius 3 is 2.46 bits per heavy atom. The fourth-order valence-electron chi connectivity index (χ4n) is 0.727. The standard InChI is InChI=1S/C7H7BrN2O3/c1-12-6-5(8)4(3-11)9-7(10-6)13-2/h3H,1-2H3. The quantitative estimate of drug-likeness (QED) is 0.747. The second-order valence-electron chi connectivity index (χ2n) is 2.04. The number of nitrogens with zero attached hydrogens (tertiary/aromatic N) is 2. The van der Waals surface area contributed by atoms with Crippen molar-refractivity contribution in [2.24, 2.45) is 0 Å². The van der Waals surface area contributed by atoms with Crippen LogP contribution in [0.1, 0.15) is 10.5 Å². The maximum atomic E-state index is 10.5. The van der Waals surface area contributed by atoms with Crippen molar-refractivity contribution < 1.29 is 14.3 Å². The Balaban J connectivity index is 3.28. The Kier molecular flexibility index (Phi) is 3.18. The van der Waals surface area contributed by atoms with Gasteiger partial charge in [-0.05, 0) is 15.9 Å². The summed E-state index contributed by atoms with van der Waals surface area (Å²) >= 11 is 3.13. The highest BCUT2D eigenvalue weighted by atomic mass is 79.9. The van der Waals surface area contributed by atoms with Crippen LogP contribution in [-0.2, 0) is 0 Å². The van der Waals surface area contributed by atoms with E-state index < -0.39 is 0 Å². The van der Waals surface area contributed by atoms with Crippen molar-refractivity contribution in [3.63, 3.8) is 0 Å². The van der Waals surface area contributed by atoms with Gasteiger partial charge in [-0.15, -0.1) is 0 Å². The summed E-state index contributed by atoms with van der Waals surface area (Å²) in [5.74, 6) is 0.272. The Hall–Kier alpha value is -1.17. The number of hydrogen-bond donors (Lipinski definition) is 0. The normalized spacial score (nSPS) is 9.46. The highest BCUT2D eigenvalue weighted by Crippen LogP contribution is 2.26. The number of rotatable bonds is 3. The first-order valence-electron chi connectivity index (χ1n) is 3.33. The minimum atomic E-state index is 0.0992. The molecule has 0 saturated heterocycles. The van der Waals surface area contributed by atoms with E-state index in [1.165, 1.54) is 14.2 Å². The molecule has 0 bridgehead atoms. The van der Waals surface area contributed by atoms with Gasteiger partial charge in [0, 0.05) is 0 Å². The fraction of sp³-hybridized carbons (Fsp3) is 0.286. The molecular weight excluding hydrogens is 240 g/mol. The third-order valence-corrected chi connectivity index (χ3v) is 2.06. The van der Waals surface area contributed by atoms with E-state index in [0.29, 0.717) is 10.8 Å². The van der Waals surface area contributed by atoms with E-state index in [-0.39, 0.29) is 17.6 Å². The van der Waals surface area contributed by atoms with Gasteiger partial charge in [0.25, 0.3) is 0 Å². The van der Waals surface area contributed by atoms with Crippen molar-refractivity contribution in [2.45, 2.75) is 0 Å². The van der Waals surface area contributed by atoms with Crippen LogP contribution < -0.4 is 9.47 Å². The average Bonchev–Trinajstić information content (AvgIpc) is 2.18. The van der Waals surface area contributed by atoms with E-state index in [9.17, 15) is 4.79 Å². The van der Waals surface area contributed by atoms with Crippen molar-refractivity contribution in [2.75, 3.05) is 14.2 Å². The van der Waals surface area contributed by atoms with Crippen molar-refractivity contribution in [1.82, 2.24) is 9.97 Å². The number of carbonyl (C=O) groups excluding carboxylic acids is 1. The van der Waals surface area contributed by atoms with E-state index in [0.717, 1.165) is 0 Å². The first-order valence-corrected chi connectivity index (χ1v) is 4.13. The average molecular weight is 247 g/mol. The first-order chi connectivity index (χ1) is 6.22. The minimum absolute atomic E-state index is 0.0992. The van der Waals surface area contributed by atoms with E-state index in [1.54, 1.807) is 0 Å². The van der Waals surface area contributed by atoms with Crippen LogP contribution in [0.3, 0.4) is 0 Å². The van der Waals surface area contributed by atoms with Gasteiger partial charge in [0.2, 0.25) is 5.88 Å². The van der Waals surface area contributed by atoms with Gasteiger partial charge in [-0.1, -0.05) is 0 Å². The highest BCUT2D eigenvalue weighted by Gasteiger charge is 2.11. The number of carbonyl (C=O) groups is 1. The van der Waals surface area contributed by atoms with E-state index >= 15 is 0 Å². The van der Waals surface area contributed by atoms with E-state index in [4.69, 9.17) is 9.47 Å². The summed E-state index contributed by atoms with van der Waals surface area (Å²) in [6.07, 6.45) is 0.594. The predicted molar refractivity (Wildman–Crippen MR) is 48.2 cm³/mol. The van der Waals surface area contributed by atoms with E-state index in [2.05, 4.69) is 25.9 Å². The van der Waals surface area contributed by atoms with Crippen molar-refractivity contribution in [3.8, 4) is 11.9 Å². The first kappa shape index (κ1) is 9.91. The lowest BCUT2D eigenvalue weighted by atomic mass is 10.4.